The number of rotatable bonds is 13. The molecule has 2 unspecified atom stereocenters. The highest BCUT2D eigenvalue weighted by molar-refractivity contribution is 5.82. The SMILES string of the molecule is CC(C)C[C@@H](CN(C)C)NCc1cccc(CN2O[C@@H](CO)[C@@H]([C@H](C)O)[C@H]2C(=O)N[C@H]2CC3CC([C@H]2C)C3(C)C)c1. The van der Waals surface area contributed by atoms with Crippen molar-refractivity contribution in [2.45, 2.75) is 104 Å². The van der Waals surface area contributed by atoms with Crippen molar-refractivity contribution >= 4 is 5.91 Å². The maximum Gasteiger partial charge on any atom is 0.240 e. The quantitative estimate of drug-likeness (QED) is 0.288. The van der Waals surface area contributed by atoms with Gasteiger partial charge in [0.25, 0.3) is 0 Å². The van der Waals surface area contributed by atoms with Crippen LogP contribution in [0.3, 0.4) is 0 Å². The minimum Gasteiger partial charge on any atom is -0.394 e. The molecule has 1 saturated heterocycles. The summed E-state index contributed by atoms with van der Waals surface area (Å²) in [5.41, 5.74) is 2.56. The van der Waals surface area contributed by atoms with Crippen LogP contribution in [0.5, 0.6) is 0 Å². The van der Waals surface area contributed by atoms with Gasteiger partial charge in [0.2, 0.25) is 5.91 Å². The Morgan fingerprint density at radius 2 is 1.90 bits per heavy atom. The second-order valence-electron chi connectivity index (χ2n) is 14.5. The number of nitrogens with one attached hydrogen (secondary N) is 2. The fourth-order valence-corrected chi connectivity index (χ4v) is 8.00. The fourth-order valence-electron chi connectivity index (χ4n) is 8.00. The average Bonchev–Trinajstić information content (AvgIpc) is 3.26. The van der Waals surface area contributed by atoms with E-state index in [2.05, 4.69) is 82.4 Å². The highest BCUT2D eigenvalue weighted by Crippen LogP contribution is 2.61. The third-order valence-electron chi connectivity index (χ3n) is 10.3. The number of benzene rings is 1. The van der Waals surface area contributed by atoms with Crippen LogP contribution in [0.2, 0.25) is 0 Å². The summed E-state index contributed by atoms with van der Waals surface area (Å²) in [6.45, 7) is 15.1. The molecular weight excluding hydrogens is 516 g/mol. The van der Waals surface area contributed by atoms with Crippen molar-refractivity contribution in [3.63, 3.8) is 0 Å². The monoisotopic (exact) mass is 572 g/mol. The smallest absolute Gasteiger partial charge is 0.240 e. The molecule has 4 aliphatic rings. The Morgan fingerprint density at radius 1 is 1.20 bits per heavy atom. The summed E-state index contributed by atoms with van der Waals surface area (Å²) in [7, 11) is 4.22. The van der Waals surface area contributed by atoms with Crippen molar-refractivity contribution in [2.75, 3.05) is 27.2 Å². The van der Waals surface area contributed by atoms with Gasteiger partial charge in [-0.2, -0.15) is 5.06 Å². The van der Waals surface area contributed by atoms with E-state index >= 15 is 0 Å². The van der Waals surface area contributed by atoms with E-state index in [1.807, 2.05) is 6.07 Å². The predicted octanol–water partition coefficient (Wildman–Crippen LogP) is 3.41. The number of hydroxylamine groups is 2. The molecule has 0 aromatic heterocycles. The Morgan fingerprint density at radius 3 is 2.49 bits per heavy atom. The average molecular weight is 573 g/mol. The summed E-state index contributed by atoms with van der Waals surface area (Å²) in [6.07, 6.45) is 1.93. The van der Waals surface area contributed by atoms with Crippen molar-refractivity contribution in [1.29, 1.82) is 0 Å². The molecule has 41 heavy (non-hydrogen) atoms. The van der Waals surface area contributed by atoms with E-state index < -0.39 is 24.2 Å². The molecule has 1 aromatic rings. The molecule has 0 radical (unpaired) electrons. The molecule has 1 aliphatic heterocycles. The van der Waals surface area contributed by atoms with E-state index in [-0.39, 0.29) is 18.6 Å². The largest absolute Gasteiger partial charge is 0.394 e. The lowest BCUT2D eigenvalue weighted by Crippen LogP contribution is -2.62. The number of aliphatic hydroxyl groups is 2. The van der Waals surface area contributed by atoms with Crippen molar-refractivity contribution in [1.82, 2.24) is 20.6 Å². The zero-order valence-corrected chi connectivity index (χ0v) is 26.6. The number of hydrogen-bond donors (Lipinski definition) is 4. The lowest BCUT2D eigenvalue weighted by atomic mass is 9.45. The molecule has 8 heteroatoms. The van der Waals surface area contributed by atoms with Gasteiger partial charge in [-0.3, -0.25) is 9.63 Å². The van der Waals surface area contributed by atoms with Gasteiger partial charge in [0.15, 0.2) is 0 Å². The second-order valence-corrected chi connectivity index (χ2v) is 14.5. The van der Waals surface area contributed by atoms with Gasteiger partial charge in [-0.15, -0.1) is 0 Å². The number of amides is 1. The van der Waals surface area contributed by atoms with Crippen LogP contribution < -0.4 is 10.6 Å². The summed E-state index contributed by atoms with van der Waals surface area (Å²) in [6, 6.07) is 8.24. The van der Waals surface area contributed by atoms with E-state index in [9.17, 15) is 15.0 Å². The van der Waals surface area contributed by atoms with Crippen molar-refractivity contribution < 1.29 is 19.8 Å². The van der Waals surface area contributed by atoms with E-state index in [1.165, 1.54) is 12.0 Å². The van der Waals surface area contributed by atoms with E-state index in [4.69, 9.17) is 4.84 Å². The first-order valence-electron chi connectivity index (χ1n) is 15.8. The molecule has 3 aliphatic carbocycles. The lowest BCUT2D eigenvalue weighted by molar-refractivity contribution is -0.183. The fraction of sp³-hybridized carbons (Fsp3) is 0.788. The minimum atomic E-state index is -0.797. The van der Waals surface area contributed by atoms with Gasteiger partial charge >= 0.3 is 0 Å². The van der Waals surface area contributed by atoms with Gasteiger partial charge in [-0.05, 0) is 80.5 Å². The third kappa shape index (κ3) is 7.34. The van der Waals surface area contributed by atoms with Crippen LogP contribution in [-0.2, 0) is 22.7 Å². The number of fused-ring (bicyclic) bond motifs is 2. The summed E-state index contributed by atoms with van der Waals surface area (Å²) >= 11 is 0. The van der Waals surface area contributed by atoms with Crippen LogP contribution in [0.25, 0.3) is 0 Å². The van der Waals surface area contributed by atoms with Gasteiger partial charge in [-0.1, -0.05) is 58.9 Å². The Balaban J connectivity index is 1.46. The number of carbonyl (C=O) groups excluding carboxylic acids is 1. The number of aliphatic hydroxyl groups excluding tert-OH is 2. The first kappa shape index (κ1) is 32.4. The number of carbonyl (C=O) groups is 1. The molecule has 8 nitrogen and oxygen atoms in total. The maximum absolute atomic E-state index is 13.9. The van der Waals surface area contributed by atoms with Gasteiger partial charge < -0.3 is 25.7 Å². The molecule has 232 valence electrons. The molecule has 5 rings (SSSR count). The first-order chi connectivity index (χ1) is 19.3. The van der Waals surface area contributed by atoms with Crippen molar-refractivity contribution in [2.24, 2.45) is 35.0 Å². The first-order valence-corrected chi connectivity index (χ1v) is 15.8. The van der Waals surface area contributed by atoms with Gasteiger partial charge in [-0.25, -0.2) is 0 Å². The molecule has 0 spiro atoms. The summed E-state index contributed by atoms with van der Waals surface area (Å²) in [5.74, 6) is 1.65. The topological polar surface area (TPSA) is 97.3 Å². The standard InChI is InChI=1S/C33H56N4O4/c1-20(2)12-26(18-36(7)8)34-16-23-10-9-11-24(13-23)17-37-31(30(22(4)39)29(19-38)41-37)32(40)35-28-15-25-14-27(21(28)3)33(25,5)6/h9-11,13,20-22,25-31,34,38-39H,12,14-19H2,1-8H3,(H,35,40)/t21-,22+,25?,26+,27?,28+,29+,30-,31+/m1/s1. The van der Waals surface area contributed by atoms with Crippen LogP contribution in [0.15, 0.2) is 24.3 Å². The minimum absolute atomic E-state index is 0.110. The van der Waals surface area contributed by atoms with Crippen molar-refractivity contribution in [3.8, 4) is 0 Å². The van der Waals surface area contributed by atoms with Crippen LogP contribution in [-0.4, -0.2) is 83.7 Å². The summed E-state index contributed by atoms with van der Waals surface area (Å²) < 4.78 is 0. The second kappa shape index (κ2) is 13.4. The van der Waals surface area contributed by atoms with Crippen LogP contribution >= 0.6 is 0 Å². The number of nitrogens with zero attached hydrogens (tertiary/aromatic N) is 2. The molecule has 4 N–H and O–H groups in total. The summed E-state index contributed by atoms with van der Waals surface area (Å²) in [4.78, 5) is 22.3. The van der Waals surface area contributed by atoms with Crippen LogP contribution in [0, 0.1) is 35.0 Å². The number of hydrogen-bond acceptors (Lipinski definition) is 7. The third-order valence-corrected chi connectivity index (χ3v) is 10.3. The van der Waals surface area contributed by atoms with Gasteiger partial charge in [0, 0.05) is 31.1 Å². The Kier molecular flexibility index (Phi) is 10.6. The van der Waals surface area contributed by atoms with Crippen molar-refractivity contribution in [3.05, 3.63) is 35.4 Å². The molecule has 4 fully saturated rings. The molecule has 2 bridgehead atoms. The zero-order chi connectivity index (χ0) is 30.1. The lowest BCUT2D eigenvalue weighted by Gasteiger charge is -2.62. The van der Waals surface area contributed by atoms with Gasteiger partial charge in [0.1, 0.15) is 12.1 Å². The number of likely N-dealkylation sites (N-methyl/N-ethyl adjacent to an activating group) is 1. The molecule has 1 amide bonds. The van der Waals surface area contributed by atoms with E-state index in [0.29, 0.717) is 41.7 Å². The Bertz CT molecular complexity index is 1000. The van der Waals surface area contributed by atoms with E-state index in [1.54, 1.807) is 12.0 Å². The van der Waals surface area contributed by atoms with Crippen LogP contribution in [0.4, 0.5) is 0 Å². The van der Waals surface area contributed by atoms with E-state index in [0.717, 1.165) is 31.5 Å². The Hall–Kier alpha value is -1.55. The summed E-state index contributed by atoms with van der Waals surface area (Å²) in [5, 5.41) is 29.6. The van der Waals surface area contributed by atoms with Gasteiger partial charge in [0.05, 0.1) is 19.3 Å². The Labute approximate surface area is 248 Å². The molecule has 9 atom stereocenters. The maximum atomic E-state index is 13.9. The highest BCUT2D eigenvalue weighted by Gasteiger charge is 2.57. The molecular formula is C33H56N4O4. The van der Waals surface area contributed by atoms with Crippen LogP contribution in [0.1, 0.15) is 71.9 Å². The molecule has 1 heterocycles. The molecule has 3 saturated carbocycles. The molecule has 1 aromatic carbocycles. The normalized spacial score (nSPS) is 32.6. The highest BCUT2D eigenvalue weighted by atomic mass is 16.7. The predicted molar refractivity (Wildman–Crippen MR) is 163 cm³/mol. The zero-order valence-electron chi connectivity index (χ0n) is 26.6.